The molecule has 0 spiro atoms. The molecule has 0 radical (unpaired) electrons. The first-order valence-corrected chi connectivity index (χ1v) is 12.7. The molecule has 0 heterocycles. The Labute approximate surface area is 144 Å². The molecule has 2 nitrogen and oxygen atoms in total. The normalized spacial score (nSPS) is 10.1. The standard InChI is InChI=1S/C16H17NO.2ClH.Zr/c1-11-9-12(2)16(18)15(13(11)3)10-17-14-7-5-4-6-8-14;;;/h4-10,18H,1-3H3;2*1H;/q;;;+2/p-2. The SMILES string of the molecule is Cc1cc(C)c(O)c(C=Nc2ccccc2)c1C.[Cl][Zr][Cl]. The summed E-state index contributed by atoms with van der Waals surface area (Å²) in [6.07, 6.45) is 1.74. The van der Waals surface area contributed by atoms with Gasteiger partial charge in [-0.05, 0) is 49.6 Å². The van der Waals surface area contributed by atoms with Crippen molar-refractivity contribution < 1.29 is 26.0 Å². The van der Waals surface area contributed by atoms with Gasteiger partial charge < -0.3 is 5.11 Å². The molecule has 0 unspecified atom stereocenters. The molecular formula is C16H17Cl2NOZr. The third-order valence-electron chi connectivity index (χ3n) is 3.16. The van der Waals surface area contributed by atoms with E-state index in [1.54, 1.807) is 6.21 Å². The molecule has 0 saturated heterocycles. The average Bonchev–Trinajstić information content (AvgIpc) is 2.47. The van der Waals surface area contributed by atoms with E-state index in [1.807, 2.05) is 57.2 Å². The second-order valence-corrected chi connectivity index (χ2v) is 8.29. The van der Waals surface area contributed by atoms with E-state index in [1.165, 1.54) is 5.56 Å². The topological polar surface area (TPSA) is 32.6 Å². The van der Waals surface area contributed by atoms with Crippen LogP contribution >= 0.6 is 17.0 Å². The Kier molecular flexibility index (Phi) is 8.25. The molecule has 2 aromatic rings. The summed E-state index contributed by atoms with van der Waals surface area (Å²) in [5.41, 5.74) is 4.80. The number of para-hydroxylation sites is 1. The van der Waals surface area contributed by atoms with E-state index in [-0.39, 0.29) is 0 Å². The fraction of sp³-hybridized carbons (Fsp3) is 0.188. The van der Waals surface area contributed by atoms with E-state index in [0.717, 1.165) is 22.4 Å². The number of hydrogen-bond donors (Lipinski definition) is 1. The Hall–Kier alpha value is -0.627. The van der Waals surface area contributed by atoms with Gasteiger partial charge in [-0.15, -0.1) is 0 Å². The maximum absolute atomic E-state index is 10.1. The molecule has 110 valence electrons. The minimum atomic E-state index is -0.826. The number of hydrogen-bond acceptors (Lipinski definition) is 2. The Morgan fingerprint density at radius 1 is 1.05 bits per heavy atom. The molecule has 1 N–H and O–H groups in total. The number of aliphatic imine (C=N–C) groups is 1. The first kappa shape index (κ1) is 18.4. The molecule has 0 aliphatic carbocycles. The first-order chi connectivity index (χ1) is 10.0. The van der Waals surface area contributed by atoms with Crippen LogP contribution in [0.25, 0.3) is 0 Å². The summed E-state index contributed by atoms with van der Waals surface area (Å²) < 4.78 is 0. The van der Waals surface area contributed by atoms with Crippen LogP contribution in [-0.4, -0.2) is 11.3 Å². The number of halogens is 2. The number of aryl methyl sites for hydroxylation is 2. The van der Waals surface area contributed by atoms with Gasteiger partial charge in [0.2, 0.25) is 0 Å². The predicted molar refractivity (Wildman–Crippen MR) is 87.7 cm³/mol. The van der Waals surface area contributed by atoms with Gasteiger partial charge in [0.25, 0.3) is 0 Å². The van der Waals surface area contributed by atoms with Gasteiger partial charge in [0.1, 0.15) is 5.75 Å². The summed E-state index contributed by atoms with van der Waals surface area (Å²) in [4.78, 5) is 4.40. The molecule has 0 aliphatic heterocycles. The van der Waals surface area contributed by atoms with Crippen LogP contribution in [0.1, 0.15) is 22.3 Å². The number of phenols is 1. The van der Waals surface area contributed by atoms with Crippen LogP contribution in [0.15, 0.2) is 41.4 Å². The molecular weight excluding hydrogens is 384 g/mol. The summed E-state index contributed by atoms with van der Waals surface area (Å²) in [5, 5.41) is 10.1. The fourth-order valence-electron chi connectivity index (χ4n) is 1.91. The van der Waals surface area contributed by atoms with Gasteiger partial charge in [-0.2, -0.15) is 0 Å². The molecule has 0 saturated carbocycles. The van der Waals surface area contributed by atoms with Crippen molar-refractivity contribution >= 4 is 28.9 Å². The van der Waals surface area contributed by atoms with Crippen molar-refractivity contribution in [3.05, 3.63) is 58.7 Å². The monoisotopic (exact) mass is 399 g/mol. The number of aromatic hydroxyl groups is 1. The Balaban J connectivity index is 0.000000677. The van der Waals surface area contributed by atoms with Crippen LogP contribution < -0.4 is 0 Å². The van der Waals surface area contributed by atoms with Crippen molar-refractivity contribution in [2.75, 3.05) is 0 Å². The summed E-state index contributed by atoms with van der Waals surface area (Å²) in [5.74, 6) is 0.317. The maximum atomic E-state index is 10.1. The molecule has 0 aromatic heterocycles. The van der Waals surface area contributed by atoms with Crippen LogP contribution in [0.2, 0.25) is 0 Å². The molecule has 5 heteroatoms. The summed E-state index contributed by atoms with van der Waals surface area (Å²) >= 11 is -0.826. The van der Waals surface area contributed by atoms with Crippen LogP contribution in [0, 0.1) is 20.8 Å². The second kappa shape index (κ2) is 9.40. The second-order valence-electron chi connectivity index (χ2n) is 4.56. The van der Waals surface area contributed by atoms with Crippen molar-refractivity contribution in [2.45, 2.75) is 20.8 Å². The average molecular weight is 401 g/mol. The van der Waals surface area contributed by atoms with E-state index >= 15 is 0 Å². The van der Waals surface area contributed by atoms with Gasteiger partial charge in [0, 0.05) is 11.8 Å². The number of phenolic OH excluding ortho intramolecular Hbond substituents is 1. The zero-order valence-corrected chi connectivity index (χ0v) is 16.2. The molecule has 2 aromatic carbocycles. The van der Waals surface area contributed by atoms with Gasteiger partial charge >= 0.3 is 37.9 Å². The van der Waals surface area contributed by atoms with E-state index in [2.05, 4.69) is 4.99 Å². The molecule has 21 heavy (non-hydrogen) atoms. The van der Waals surface area contributed by atoms with E-state index < -0.39 is 20.8 Å². The van der Waals surface area contributed by atoms with E-state index in [9.17, 15) is 5.11 Å². The van der Waals surface area contributed by atoms with Crippen molar-refractivity contribution in [2.24, 2.45) is 4.99 Å². The first-order valence-electron chi connectivity index (χ1n) is 6.36. The summed E-state index contributed by atoms with van der Waals surface area (Å²) in [6.45, 7) is 5.95. The van der Waals surface area contributed by atoms with Gasteiger partial charge in [-0.1, -0.05) is 24.3 Å². The van der Waals surface area contributed by atoms with Crippen molar-refractivity contribution in [1.29, 1.82) is 0 Å². The fourth-order valence-corrected chi connectivity index (χ4v) is 1.91. The van der Waals surface area contributed by atoms with Crippen molar-refractivity contribution in [3.63, 3.8) is 0 Å². The van der Waals surface area contributed by atoms with Gasteiger partial charge in [0.05, 0.1) is 5.69 Å². The number of rotatable bonds is 2. The zero-order valence-electron chi connectivity index (χ0n) is 12.2. The Bertz CT molecular complexity index is 589. The number of nitrogens with zero attached hydrogens (tertiary/aromatic N) is 1. The molecule has 2 rings (SSSR count). The van der Waals surface area contributed by atoms with Gasteiger partial charge in [-0.25, -0.2) is 0 Å². The molecule has 0 aliphatic rings. The number of benzene rings is 2. The molecule has 0 amide bonds. The van der Waals surface area contributed by atoms with Crippen molar-refractivity contribution in [1.82, 2.24) is 0 Å². The quantitative estimate of drug-likeness (QED) is 0.668. The van der Waals surface area contributed by atoms with E-state index in [0.29, 0.717) is 5.75 Å². The Morgan fingerprint density at radius 2 is 1.62 bits per heavy atom. The summed E-state index contributed by atoms with van der Waals surface area (Å²) in [7, 11) is 9.87. The zero-order chi connectivity index (χ0) is 15.8. The third kappa shape index (κ3) is 5.58. The van der Waals surface area contributed by atoms with Crippen LogP contribution in [0.3, 0.4) is 0 Å². The molecule has 0 fully saturated rings. The predicted octanol–water partition coefficient (Wildman–Crippen LogP) is 5.44. The summed E-state index contributed by atoms with van der Waals surface area (Å²) in [6, 6.07) is 11.7. The van der Waals surface area contributed by atoms with Crippen LogP contribution in [0.5, 0.6) is 5.75 Å². The minimum absolute atomic E-state index is 0.317. The molecule has 0 atom stereocenters. The third-order valence-corrected chi connectivity index (χ3v) is 3.16. The van der Waals surface area contributed by atoms with E-state index in [4.69, 9.17) is 17.0 Å². The van der Waals surface area contributed by atoms with Gasteiger partial charge in [0.15, 0.2) is 0 Å². The Morgan fingerprint density at radius 3 is 2.19 bits per heavy atom. The van der Waals surface area contributed by atoms with Crippen molar-refractivity contribution in [3.8, 4) is 5.75 Å². The van der Waals surface area contributed by atoms with Gasteiger partial charge in [-0.3, -0.25) is 4.99 Å². The van der Waals surface area contributed by atoms with Crippen LogP contribution in [-0.2, 0) is 20.8 Å². The van der Waals surface area contributed by atoms with Crippen LogP contribution in [0.4, 0.5) is 5.69 Å². The molecule has 0 bridgehead atoms.